The summed E-state index contributed by atoms with van der Waals surface area (Å²) in [5, 5.41) is 9.17. The van der Waals surface area contributed by atoms with Crippen molar-refractivity contribution in [2.75, 3.05) is 13.2 Å². The molecule has 0 saturated carbocycles. The van der Waals surface area contributed by atoms with Crippen LogP contribution in [0.2, 0.25) is 0 Å². The van der Waals surface area contributed by atoms with Crippen molar-refractivity contribution in [1.29, 1.82) is 0 Å². The Hall–Kier alpha value is -4.26. The average molecular weight is 525 g/mol. The van der Waals surface area contributed by atoms with Gasteiger partial charge in [0.25, 0.3) is 0 Å². The number of hydrogen-bond acceptors (Lipinski definition) is 5. The molecular weight excluding hydrogens is 492 g/mol. The zero-order valence-corrected chi connectivity index (χ0v) is 22.2. The Kier molecular flexibility index (Phi) is 6.73. The Morgan fingerprint density at radius 3 is 2.72 bits per heavy atom. The largest absolute Gasteiger partial charge is 0.492 e. The molecule has 2 atom stereocenters. The lowest BCUT2D eigenvalue weighted by atomic mass is 9.90. The number of carboxylic acid groups (broad SMARTS) is 1. The van der Waals surface area contributed by atoms with Crippen molar-refractivity contribution in [3.63, 3.8) is 0 Å². The maximum atomic E-state index is 11.2. The van der Waals surface area contributed by atoms with Gasteiger partial charge < -0.3 is 23.9 Å². The van der Waals surface area contributed by atoms with Gasteiger partial charge in [0.15, 0.2) is 0 Å². The van der Waals surface area contributed by atoms with Crippen molar-refractivity contribution in [2.45, 2.75) is 51.7 Å². The predicted molar refractivity (Wildman–Crippen MR) is 148 cm³/mol. The van der Waals surface area contributed by atoms with Crippen molar-refractivity contribution in [3.05, 3.63) is 95.1 Å². The highest BCUT2D eigenvalue weighted by Crippen LogP contribution is 2.44. The van der Waals surface area contributed by atoms with Crippen LogP contribution >= 0.6 is 0 Å². The minimum atomic E-state index is -0.812. The molecule has 4 aromatic rings. The number of nitrogens with zero attached hydrogens (tertiary/aromatic N) is 2. The van der Waals surface area contributed by atoms with E-state index in [4.69, 9.17) is 19.3 Å². The fourth-order valence-electron chi connectivity index (χ4n) is 5.97. The van der Waals surface area contributed by atoms with Gasteiger partial charge >= 0.3 is 5.97 Å². The minimum Gasteiger partial charge on any atom is -0.492 e. The van der Waals surface area contributed by atoms with Gasteiger partial charge in [0.2, 0.25) is 0 Å². The second kappa shape index (κ2) is 10.5. The van der Waals surface area contributed by atoms with Gasteiger partial charge in [-0.1, -0.05) is 24.3 Å². The van der Waals surface area contributed by atoms with E-state index in [9.17, 15) is 4.79 Å². The predicted octanol–water partition coefficient (Wildman–Crippen LogP) is 6.26. The number of rotatable bonds is 9. The molecule has 2 aliphatic rings. The van der Waals surface area contributed by atoms with Gasteiger partial charge in [-0.2, -0.15) is 0 Å². The van der Waals surface area contributed by atoms with Gasteiger partial charge in [-0.05, 0) is 78.3 Å². The molecule has 6 rings (SSSR count). The summed E-state index contributed by atoms with van der Waals surface area (Å²) >= 11 is 0. The van der Waals surface area contributed by atoms with E-state index >= 15 is 0 Å². The first kappa shape index (κ1) is 25.0. The SMILES string of the molecule is Cc1cc(OCCn2ccnc2)cc(C)c1-c1cccc2c1CC[C@H]2Oc1ccc2c(c1)OC[C@H]2CC(=O)O. The molecule has 7 nitrogen and oxygen atoms in total. The molecule has 0 unspecified atom stereocenters. The molecule has 7 heteroatoms. The van der Waals surface area contributed by atoms with Crippen LogP contribution in [-0.2, 0) is 17.8 Å². The topological polar surface area (TPSA) is 82.8 Å². The quantitative estimate of drug-likeness (QED) is 0.278. The van der Waals surface area contributed by atoms with Crippen LogP contribution in [0.5, 0.6) is 17.2 Å². The first-order valence-corrected chi connectivity index (χ1v) is 13.4. The van der Waals surface area contributed by atoms with Crippen LogP contribution in [0.15, 0.2) is 67.3 Å². The van der Waals surface area contributed by atoms with Crippen molar-refractivity contribution in [1.82, 2.24) is 9.55 Å². The van der Waals surface area contributed by atoms with Crippen molar-refractivity contribution < 1.29 is 24.1 Å². The van der Waals surface area contributed by atoms with Gasteiger partial charge in [-0.25, -0.2) is 4.98 Å². The highest BCUT2D eigenvalue weighted by Gasteiger charge is 2.30. The highest BCUT2D eigenvalue weighted by molar-refractivity contribution is 5.76. The van der Waals surface area contributed by atoms with Crippen LogP contribution in [-0.4, -0.2) is 33.8 Å². The van der Waals surface area contributed by atoms with E-state index in [0.717, 1.165) is 42.2 Å². The Morgan fingerprint density at radius 1 is 1.10 bits per heavy atom. The fraction of sp³-hybridized carbons (Fsp3) is 0.312. The number of aromatic nitrogens is 2. The zero-order valence-electron chi connectivity index (χ0n) is 22.2. The average Bonchev–Trinajstić information content (AvgIpc) is 3.65. The monoisotopic (exact) mass is 524 g/mol. The summed E-state index contributed by atoms with van der Waals surface area (Å²) < 4.78 is 20.3. The van der Waals surface area contributed by atoms with E-state index in [-0.39, 0.29) is 18.4 Å². The summed E-state index contributed by atoms with van der Waals surface area (Å²) in [7, 11) is 0. The maximum absolute atomic E-state index is 11.2. The molecule has 0 bridgehead atoms. The Labute approximate surface area is 228 Å². The molecule has 0 spiro atoms. The Morgan fingerprint density at radius 2 is 1.95 bits per heavy atom. The van der Waals surface area contributed by atoms with Crippen molar-refractivity contribution >= 4 is 5.97 Å². The molecule has 1 aliphatic carbocycles. The molecule has 1 aliphatic heterocycles. The number of carbonyl (C=O) groups is 1. The van der Waals surface area contributed by atoms with E-state index < -0.39 is 5.97 Å². The number of benzene rings is 3. The second-order valence-corrected chi connectivity index (χ2v) is 10.4. The molecule has 200 valence electrons. The molecule has 0 radical (unpaired) electrons. The third-order valence-corrected chi connectivity index (χ3v) is 7.73. The first-order valence-electron chi connectivity index (χ1n) is 13.4. The Bertz CT molecular complexity index is 1490. The van der Waals surface area contributed by atoms with E-state index in [0.29, 0.717) is 13.2 Å². The molecule has 1 N–H and O–H groups in total. The van der Waals surface area contributed by atoms with E-state index in [2.05, 4.69) is 49.2 Å². The third kappa shape index (κ3) is 5.09. The number of aryl methyl sites for hydroxylation is 2. The van der Waals surface area contributed by atoms with Gasteiger partial charge in [-0.3, -0.25) is 4.79 Å². The normalized spacial score (nSPS) is 17.4. The molecule has 1 aromatic heterocycles. The molecule has 0 fully saturated rings. The number of carboxylic acids is 1. The van der Waals surface area contributed by atoms with E-state index in [1.165, 1.54) is 33.4 Å². The van der Waals surface area contributed by atoms with Crippen molar-refractivity contribution in [3.8, 4) is 28.4 Å². The van der Waals surface area contributed by atoms with Crippen LogP contribution in [0.4, 0.5) is 0 Å². The molecular formula is C32H32N2O5. The number of aliphatic carboxylic acids is 1. The van der Waals surface area contributed by atoms with Gasteiger partial charge in [0.05, 0.1) is 25.9 Å². The lowest BCUT2D eigenvalue weighted by molar-refractivity contribution is -0.137. The van der Waals surface area contributed by atoms with E-state index in [1.54, 1.807) is 12.5 Å². The van der Waals surface area contributed by atoms with Gasteiger partial charge in [-0.15, -0.1) is 0 Å². The number of hydrogen-bond donors (Lipinski definition) is 1. The zero-order chi connectivity index (χ0) is 26.9. The van der Waals surface area contributed by atoms with Crippen LogP contribution in [0, 0.1) is 13.8 Å². The summed E-state index contributed by atoms with van der Waals surface area (Å²) in [5.74, 6) is 1.43. The summed E-state index contributed by atoms with van der Waals surface area (Å²) in [4.78, 5) is 15.2. The number of imidazole rings is 1. The molecule has 2 heterocycles. The first-order chi connectivity index (χ1) is 19.0. The fourth-order valence-corrected chi connectivity index (χ4v) is 5.97. The standard InChI is InChI=1S/C32H32N2O5/c1-20-14-24(37-13-12-34-11-10-33-19-34)15-21(2)32(20)28-5-3-4-27-26(28)8-9-29(27)39-23-6-7-25-22(16-31(35)36)18-38-30(25)17-23/h3-7,10-11,14-15,17,19,22,29H,8-9,12-13,16,18H2,1-2H3,(H,35,36)/t22-,29-/m1/s1. The smallest absolute Gasteiger partial charge is 0.304 e. The maximum Gasteiger partial charge on any atom is 0.304 e. The summed E-state index contributed by atoms with van der Waals surface area (Å²) in [6, 6.07) is 16.5. The number of ether oxygens (including phenoxy) is 3. The molecule has 0 saturated heterocycles. The van der Waals surface area contributed by atoms with Crippen LogP contribution in [0.3, 0.4) is 0 Å². The second-order valence-electron chi connectivity index (χ2n) is 10.4. The lowest BCUT2D eigenvalue weighted by Gasteiger charge is -2.18. The van der Waals surface area contributed by atoms with Gasteiger partial charge in [0.1, 0.15) is 30.0 Å². The summed E-state index contributed by atoms with van der Waals surface area (Å²) in [5.41, 5.74) is 8.39. The van der Waals surface area contributed by atoms with E-state index in [1.807, 2.05) is 29.0 Å². The minimum absolute atomic E-state index is 0.0411. The number of fused-ring (bicyclic) bond motifs is 2. The lowest BCUT2D eigenvalue weighted by Crippen LogP contribution is -2.07. The van der Waals surface area contributed by atoms with Crippen LogP contribution in [0.1, 0.15) is 52.7 Å². The Balaban J connectivity index is 1.19. The highest BCUT2D eigenvalue weighted by atomic mass is 16.5. The summed E-state index contributed by atoms with van der Waals surface area (Å²) in [6.45, 7) is 6.04. The van der Waals surface area contributed by atoms with Crippen LogP contribution < -0.4 is 14.2 Å². The van der Waals surface area contributed by atoms with Crippen LogP contribution in [0.25, 0.3) is 11.1 Å². The molecule has 39 heavy (non-hydrogen) atoms. The van der Waals surface area contributed by atoms with Gasteiger partial charge in [0, 0.05) is 29.9 Å². The third-order valence-electron chi connectivity index (χ3n) is 7.73. The molecule has 0 amide bonds. The molecule has 3 aromatic carbocycles. The van der Waals surface area contributed by atoms with Crippen molar-refractivity contribution in [2.24, 2.45) is 0 Å². The summed E-state index contributed by atoms with van der Waals surface area (Å²) in [6.07, 6.45) is 7.39.